The van der Waals surface area contributed by atoms with Crippen molar-refractivity contribution in [1.82, 2.24) is 4.90 Å². The Balaban J connectivity index is 2.51. The van der Waals surface area contributed by atoms with E-state index in [-0.39, 0.29) is 12.5 Å². The molecule has 5 nitrogen and oxygen atoms in total. The van der Waals surface area contributed by atoms with Gasteiger partial charge in [-0.3, -0.25) is 4.79 Å². The van der Waals surface area contributed by atoms with Crippen LogP contribution in [0.5, 0.6) is 0 Å². The van der Waals surface area contributed by atoms with Crippen molar-refractivity contribution < 1.29 is 23.8 Å². The Morgan fingerprint density at radius 2 is 2.29 bits per heavy atom. The van der Waals surface area contributed by atoms with Gasteiger partial charge in [-0.25, -0.2) is 9.18 Å². The second-order valence-electron chi connectivity index (χ2n) is 4.77. The highest BCUT2D eigenvalue weighted by Crippen LogP contribution is 2.35. The van der Waals surface area contributed by atoms with Gasteiger partial charge in [0.1, 0.15) is 12.4 Å². The molecule has 0 radical (unpaired) electrons. The Kier molecular flexibility index (Phi) is 4.95. The fourth-order valence-electron chi connectivity index (χ4n) is 2.44. The maximum atomic E-state index is 13.5. The van der Waals surface area contributed by atoms with Gasteiger partial charge in [-0.1, -0.05) is 22.9 Å². The summed E-state index contributed by atoms with van der Waals surface area (Å²) in [5.74, 6) is -1.97. The number of ether oxygens (including phenoxy) is 1. The number of carboxylic acids is 1. The normalized spacial score (nSPS) is 22.4. The summed E-state index contributed by atoms with van der Waals surface area (Å²) in [4.78, 5) is 24.9. The van der Waals surface area contributed by atoms with E-state index in [1.807, 2.05) is 6.92 Å². The number of halogens is 2. The van der Waals surface area contributed by atoms with Crippen molar-refractivity contribution in [2.45, 2.75) is 25.5 Å². The van der Waals surface area contributed by atoms with Crippen LogP contribution in [0.1, 0.15) is 24.9 Å². The standard InChI is InChI=1S/C14H15BrFNO4/c1-2-5-17-11(18)7-21-13(14(19)20)12(17)9-6-8(16)3-4-10(9)15/h3-4,6,12-13H,2,5,7H2,1H3,(H,19,20). The van der Waals surface area contributed by atoms with Crippen molar-refractivity contribution in [1.29, 1.82) is 0 Å². The van der Waals surface area contributed by atoms with Crippen LogP contribution in [0, 0.1) is 5.82 Å². The summed E-state index contributed by atoms with van der Waals surface area (Å²) >= 11 is 3.29. The molecule has 0 aromatic heterocycles. The molecule has 1 amide bonds. The highest BCUT2D eigenvalue weighted by atomic mass is 79.9. The Morgan fingerprint density at radius 1 is 1.57 bits per heavy atom. The van der Waals surface area contributed by atoms with E-state index in [2.05, 4.69) is 15.9 Å². The minimum Gasteiger partial charge on any atom is -0.479 e. The van der Waals surface area contributed by atoms with E-state index >= 15 is 0 Å². The van der Waals surface area contributed by atoms with E-state index < -0.39 is 23.9 Å². The zero-order valence-corrected chi connectivity index (χ0v) is 13.0. The summed E-state index contributed by atoms with van der Waals surface area (Å²) in [5.41, 5.74) is 0.393. The zero-order chi connectivity index (χ0) is 15.6. The summed E-state index contributed by atoms with van der Waals surface area (Å²) in [6, 6.07) is 3.13. The molecule has 1 aromatic rings. The molecule has 114 valence electrons. The van der Waals surface area contributed by atoms with Crippen LogP contribution in [0.4, 0.5) is 4.39 Å². The smallest absolute Gasteiger partial charge is 0.335 e. The first kappa shape index (κ1) is 15.9. The summed E-state index contributed by atoms with van der Waals surface area (Å²) in [6.45, 7) is 2.00. The van der Waals surface area contributed by atoms with Gasteiger partial charge in [0.15, 0.2) is 6.10 Å². The van der Waals surface area contributed by atoms with Crippen molar-refractivity contribution in [3.05, 3.63) is 34.1 Å². The van der Waals surface area contributed by atoms with Gasteiger partial charge in [-0.05, 0) is 30.2 Å². The molecular formula is C14H15BrFNO4. The molecule has 1 saturated heterocycles. The number of nitrogens with zero attached hydrogens (tertiary/aromatic N) is 1. The Morgan fingerprint density at radius 3 is 2.90 bits per heavy atom. The number of rotatable bonds is 4. The number of carbonyl (C=O) groups excluding carboxylic acids is 1. The molecule has 2 rings (SSSR count). The first-order chi connectivity index (χ1) is 9.95. The highest BCUT2D eigenvalue weighted by molar-refractivity contribution is 9.10. The predicted molar refractivity (Wildman–Crippen MR) is 76.2 cm³/mol. The average Bonchev–Trinajstić information content (AvgIpc) is 2.43. The van der Waals surface area contributed by atoms with Crippen LogP contribution < -0.4 is 0 Å². The van der Waals surface area contributed by atoms with Gasteiger partial charge in [0.25, 0.3) is 0 Å². The molecule has 0 aliphatic carbocycles. The lowest BCUT2D eigenvalue weighted by atomic mass is 9.97. The zero-order valence-electron chi connectivity index (χ0n) is 11.4. The number of benzene rings is 1. The lowest BCUT2D eigenvalue weighted by Gasteiger charge is -2.39. The molecule has 1 N–H and O–H groups in total. The molecule has 1 fully saturated rings. The molecule has 21 heavy (non-hydrogen) atoms. The van der Waals surface area contributed by atoms with Crippen LogP contribution in [-0.2, 0) is 14.3 Å². The van der Waals surface area contributed by atoms with Crippen LogP contribution in [0.2, 0.25) is 0 Å². The number of aliphatic carboxylic acids is 1. The molecule has 1 aliphatic rings. The van der Waals surface area contributed by atoms with E-state index in [1.165, 1.54) is 23.1 Å². The van der Waals surface area contributed by atoms with E-state index in [1.54, 1.807) is 0 Å². The maximum absolute atomic E-state index is 13.5. The van der Waals surface area contributed by atoms with E-state index in [4.69, 9.17) is 4.74 Å². The quantitative estimate of drug-likeness (QED) is 0.895. The van der Waals surface area contributed by atoms with Gasteiger partial charge >= 0.3 is 5.97 Å². The van der Waals surface area contributed by atoms with Gasteiger partial charge in [-0.15, -0.1) is 0 Å². The largest absolute Gasteiger partial charge is 0.479 e. The minimum absolute atomic E-state index is 0.277. The molecule has 1 aromatic carbocycles. The number of hydrogen-bond acceptors (Lipinski definition) is 3. The molecule has 0 spiro atoms. The molecule has 0 bridgehead atoms. The maximum Gasteiger partial charge on any atom is 0.335 e. The second-order valence-corrected chi connectivity index (χ2v) is 5.62. The predicted octanol–water partition coefficient (Wildman–Crippen LogP) is 2.35. The lowest BCUT2D eigenvalue weighted by Crippen LogP contribution is -2.52. The number of amides is 1. The van der Waals surface area contributed by atoms with Gasteiger partial charge in [0.2, 0.25) is 5.91 Å². The van der Waals surface area contributed by atoms with Crippen LogP contribution >= 0.6 is 15.9 Å². The SMILES string of the molecule is CCCN1C(=O)COC(C(=O)O)C1c1cc(F)ccc1Br. The molecule has 1 aliphatic heterocycles. The second kappa shape index (κ2) is 6.53. The summed E-state index contributed by atoms with van der Waals surface area (Å²) in [5, 5.41) is 9.33. The molecule has 1 heterocycles. The first-order valence-electron chi connectivity index (χ1n) is 6.54. The highest BCUT2D eigenvalue weighted by Gasteiger charge is 2.42. The number of carboxylic acid groups (broad SMARTS) is 1. The van der Waals surface area contributed by atoms with Gasteiger partial charge in [0.05, 0.1) is 6.04 Å². The monoisotopic (exact) mass is 359 g/mol. The first-order valence-corrected chi connectivity index (χ1v) is 7.33. The number of morpholine rings is 1. The van der Waals surface area contributed by atoms with Gasteiger partial charge in [0, 0.05) is 11.0 Å². The Hall–Kier alpha value is -1.47. The van der Waals surface area contributed by atoms with E-state index in [0.717, 1.165) is 0 Å². The third-order valence-electron chi connectivity index (χ3n) is 3.31. The summed E-state index contributed by atoms with van der Waals surface area (Å²) in [7, 11) is 0. The van der Waals surface area contributed by atoms with Crippen LogP contribution in [-0.4, -0.2) is 41.1 Å². The van der Waals surface area contributed by atoms with Crippen LogP contribution in [0.3, 0.4) is 0 Å². The van der Waals surface area contributed by atoms with Crippen molar-refractivity contribution in [3.8, 4) is 0 Å². The van der Waals surface area contributed by atoms with Crippen LogP contribution in [0.15, 0.2) is 22.7 Å². The van der Waals surface area contributed by atoms with Crippen molar-refractivity contribution in [2.75, 3.05) is 13.2 Å². The summed E-state index contributed by atoms with van der Waals surface area (Å²) < 4.78 is 19.2. The van der Waals surface area contributed by atoms with Crippen LogP contribution in [0.25, 0.3) is 0 Å². The number of hydrogen-bond donors (Lipinski definition) is 1. The Labute approximate surface area is 129 Å². The molecular weight excluding hydrogens is 345 g/mol. The van der Waals surface area contributed by atoms with Crippen molar-refractivity contribution in [3.63, 3.8) is 0 Å². The summed E-state index contributed by atoms with van der Waals surface area (Å²) in [6.07, 6.45) is -0.547. The third kappa shape index (κ3) is 3.24. The lowest BCUT2D eigenvalue weighted by molar-refractivity contribution is -0.173. The molecule has 0 saturated carbocycles. The van der Waals surface area contributed by atoms with E-state index in [0.29, 0.717) is 23.0 Å². The van der Waals surface area contributed by atoms with E-state index in [9.17, 15) is 19.1 Å². The number of carbonyl (C=O) groups is 2. The molecule has 2 unspecified atom stereocenters. The topological polar surface area (TPSA) is 66.8 Å². The fourth-order valence-corrected chi connectivity index (χ4v) is 2.92. The minimum atomic E-state index is -1.22. The molecule has 2 atom stereocenters. The average molecular weight is 360 g/mol. The Bertz CT molecular complexity index is 566. The van der Waals surface area contributed by atoms with Crippen molar-refractivity contribution in [2.24, 2.45) is 0 Å². The molecule has 7 heteroatoms. The third-order valence-corrected chi connectivity index (χ3v) is 4.04. The van der Waals surface area contributed by atoms with Gasteiger partial charge < -0.3 is 14.7 Å². The fraction of sp³-hybridized carbons (Fsp3) is 0.429. The van der Waals surface area contributed by atoms with Crippen molar-refractivity contribution >= 4 is 27.8 Å². The van der Waals surface area contributed by atoms with Gasteiger partial charge in [-0.2, -0.15) is 0 Å².